The van der Waals surface area contributed by atoms with Crippen LogP contribution in [0.3, 0.4) is 0 Å². The zero-order chi connectivity index (χ0) is 17.6. The molecule has 5 aliphatic rings. The number of ketones is 1. The average Bonchev–Trinajstić information content (AvgIpc) is 3.03. The first kappa shape index (κ1) is 16.0. The molecule has 4 fully saturated rings. The Morgan fingerprint density at radius 2 is 1.96 bits per heavy atom. The second-order valence-electron chi connectivity index (χ2n) is 9.78. The van der Waals surface area contributed by atoms with Gasteiger partial charge in [-0.3, -0.25) is 4.79 Å². The molecule has 136 valence electrons. The van der Waals surface area contributed by atoms with Gasteiger partial charge in [-0.1, -0.05) is 13.8 Å². The number of hydrogen-bond acceptors (Lipinski definition) is 4. The van der Waals surface area contributed by atoms with Crippen LogP contribution in [0.4, 0.5) is 0 Å². The average molecular weight is 344 g/mol. The van der Waals surface area contributed by atoms with E-state index in [-0.39, 0.29) is 34.9 Å². The highest BCUT2D eigenvalue weighted by Crippen LogP contribution is 2.67. The maximum absolute atomic E-state index is 13.4. The highest BCUT2D eigenvalue weighted by atomic mass is 16.5. The molecule has 0 saturated heterocycles. The second kappa shape index (κ2) is 4.97. The molecule has 4 heteroatoms. The lowest BCUT2D eigenvalue weighted by atomic mass is 9.44. The number of carbonyl (C=O) groups is 2. The summed E-state index contributed by atoms with van der Waals surface area (Å²) in [6.45, 7) is 4.51. The number of aliphatic hydroxyl groups excluding tert-OH is 1. The van der Waals surface area contributed by atoms with Crippen molar-refractivity contribution in [2.45, 2.75) is 71.0 Å². The number of Topliss-reactive ketones (excluding diaryl/α,β-unsaturated/α-hetero) is 1. The summed E-state index contributed by atoms with van der Waals surface area (Å²) in [6, 6.07) is 0. The van der Waals surface area contributed by atoms with Gasteiger partial charge in [0.1, 0.15) is 11.9 Å². The highest BCUT2D eigenvalue weighted by molar-refractivity contribution is 5.89. The maximum Gasteiger partial charge on any atom is 0.331 e. The van der Waals surface area contributed by atoms with E-state index in [1.165, 1.54) is 0 Å². The van der Waals surface area contributed by atoms with Crippen LogP contribution >= 0.6 is 0 Å². The zero-order valence-electron chi connectivity index (χ0n) is 15.2. The molecule has 0 unspecified atom stereocenters. The number of aliphatic hydroxyl groups is 1. The smallest absolute Gasteiger partial charge is 0.331 e. The molecule has 25 heavy (non-hydrogen) atoms. The lowest BCUT2D eigenvalue weighted by molar-refractivity contribution is -0.158. The quantitative estimate of drug-likeness (QED) is 0.686. The molecular formula is C21H28O4. The van der Waals surface area contributed by atoms with Crippen LogP contribution in [0.15, 0.2) is 11.6 Å². The summed E-state index contributed by atoms with van der Waals surface area (Å²) in [5.41, 5.74) is 0.941. The van der Waals surface area contributed by atoms with Crippen LogP contribution in [0.2, 0.25) is 0 Å². The van der Waals surface area contributed by atoms with E-state index >= 15 is 0 Å². The predicted molar refractivity (Wildman–Crippen MR) is 91.5 cm³/mol. The molecule has 1 aliphatic heterocycles. The molecular weight excluding hydrogens is 316 g/mol. The Balaban J connectivity index is 1.53. The van der Waals surface area contributed by atoms with Crippen molar-refractivity contribution < 1.29 is 19.4 Å². The second-order valence-corrected chi connectivity index (χ2v) is 9.78. The largest absolute Gasteiger partial charge is 0.455 e. The van der Waals surface area contributed by atoms with Crippen LogP contribution in [0, 0.1) is 34.5 Å². The van der Waals surface area contributed by atoms with E-state index in [9.17, 15) is 14.7 Å². The number of hydrogen-bond donors (Lipinski definition) is 1. The van der Waals surface area contributed by atoms with E-state index < -0.39 is 0 Å². The van der Waals surface area contributed by atoms with E-state index in [0.29, 0.717) is 30.0 Å². The number of rotatable bonds is 0. The third-order valence-corrected chi connectivity index (χ3v) is 8.72. The van der Waals surface area contributed by atoms with Crippen molar-refractivity contribution in [1.29, 1.82) is 0 Å². The molecule has 4 aliphatic carbocycles. The first-order valence-corrected chi connectivity index (χ1v) is 9.96. The monoisotopic (exact) mass is 344 g/mol. The van der Waals surface area contributed by atoms with Crippen molar-refractivity contribution in [2.24, 2.45) is 34.5 Å². The molecule has 0 bridgehead atoms. The standard InChI is InChI=1S/C21H28O4/c1-20-6-5-12(22)7-11(20)3-4-13-14-8-17-15(9-18(24)25-17)21(14,2)10-16(23)19(13)20/h9,11-14,17,19,22H,3-8,10H2,1-2H3/t11-,12+,13+,14-,17+,19-,20-,21-/m0/s1. The van der Waals surface area contributed by atoms with E-state index in [2.05, 4.69) is 13.8 Å². The minimum atomic E-state index is -0.230. The van der Waals surface area contributed by atoms with Crippen molar-refractivity contribution in [3.8, 4) is 0 Å². The van der Waals surface area contributed by atoms with Crippen molar-refractivity contribution in [1.82, 2.24) is 0 Å². The third-order valence-electron chi connectivity index (χ3n) is 8.72. The molecule has 0 amide bonds. The lowest BCUT2D eigenvalue weighted by Crippen LogP contribution is -2.57. The van der Waals surface area contributed by atoms with Gasteiger partial charge in [-0.05, 0) is 67.3 Å². The van der Waals surface area contributed by atoms with Crippen LogP contribution < -0.4 is 0 Å². The number of esters is 1. The minimum absolute atomic E-state index is 0.0450. The fourth-order valence-electron chi connectivity index (χ4n) is 7.57. The van der Waals surface area contributed by atoms with Crippen molar-refractivity contribution in [3.05, 3.63) is 11.6 Å². The summed E-state index contributed by atoms with van der Waals surface area (Å²) in [5.74, 6) is 1.63. The number of fused-ring (bicyclic) bond motifs is 7. The Labute approximate surface area is 149 Å². The van der Waals surface area contributed by atoms with Crippen molar-refractivity contribution >= 4 is 11.8 Å². The summed E-state index contributed by atoms with van der Waals surface area (Å²) < 4.78 is 5.53. The Morgan fingerprint density at radius 3 is 2.76 bits per heavy atom. The van der Waals surface area contributed by atoms with Gasteiger partial charge in [0.25, 0.3) is 0 Å². The Hall–Kier alpha value is -1.16. The van der Waals surface area contributed by atoms with E-state index in [4.69, 9.17) is 4.74 Å². The molecule has 0 radical (unpaired) electrons. The van der Waals surface area contributed by atoms with Gasteiger partial charge in [-0.2, -0.15) is 0 Å². The first-order chi connectivity index (χ1) is 11.8. The molecule has 5 rings (SSSR count). The fraction of sp³-hybridized carbons (Fsp3) is 0.810. The van der Waals surface area contributed by atoms with Gasteiger partial charge < -0.3 is 9.84 Å². The van der Waals surface area contributed by atoms with E-state index in [1.54, 1.807) is 6.08 Å². The number of ether oxygens (including phenoxy) is 1. The Bertz CT molecular complexity index is 681. The first-order valence-electron chi connectivity index (χ1n) is 9.96. The summed E-state index contributed by atoms with van der Waals surface area (Å²) >= 11 is 0. The normalized spacial score (nSPS) is 54.1. The lowest BCUT2D eigenvalue weighted by Gasteiger charge is -2.59. The molecule has 4 saturated carbocycles. The zero-order valence-corrected chi connectivity index (χ0v) is 15.2. The van der Waals surface area contributed by atoms with E-state index in [0.717, 1.165) is 44.1 Å². The molecule has 4 nitrogen and oxygen atoms in total. The third kappa shape index (κ3) is 1.98. The van der Waals surface area contributed by atoms with Crippen LogP contribution in [-0.4, -0.2) is 29.1 Å². The summed E-state index contributed by atoms with van der Waals surface area (Å²) in [4.78, 5) is 25.1. The summed E-state index contributed by atoms with van der Waals surface area (Å²) in [5, 5.41) is 10.1. The van der Waals surface area contributed by atoms with Gasteiger partial charge in [-0.25, -0.2) is 4.79 Å². The molecule has 8 atom stereocenters. The molecule has 0 aromatic heterocycles. The summed E-state index contributed by atoms with van der Waals surface area (Å²) in [6.07, 6.45) is 7.71. The van der Waals surface area contributed by atoms with Crippen molar-refractivity contribution in [3.63, 3.8) is 0 Å². The molecule has 1 heterocycles. The maximum atomic E-state index is 13.4. The van der Waals surface area contributed by atoms with Gasteiger partial charge in [0.05, 0.1) is 6.10 Å². The Kier molecular flexibility index (Phi) is 3.19. The minimum Gasteiger partial charge on any atom is -0.455 e. The molecule has 0 aromatic carbocycles. The van der Waals surface area contributed by atoms with Gasteiger partial charge >= 0.3 is 5.97 Å². The van der Waals surface area contributed by atoms with Gasteiger partial charge in [-0.15, -0.1) is 0 Å². The van der Waals surface area contributed by atoms with Gasteiger partial charge in [0, 0.05) is 23.8 Å². The van der Waals surface area contributed by atoms with Crippen LogP contribution in [0.5, 0.6) is 0 Å². The van der Waals surface area contributed by atoms with Crippen molar-refractivity contribution in [2.75, 3.05) is 0 Å². The summed E-state index contributed by atoms with van der Waals surface area (Å²) in [7, 11) is 0. The molecule has 0 spiro atoms. The van der Waals surface area contributed by atoms with Crippen LogP contribution in [-0.2, 0) is 14.3 Å². The highest BCUT2D eigenvalue weighted by Gasteiger charge is 2.64. The molecule has 1 N–H and O–H groups in total. The predicted octanol–water partition coefficient (Wildman–Crippen LogP) is 3.03. The molecule has 0 aromatic rings. The number of carbonyl (C=O) groups excluding carboxylic acids is 2. The van der Waals surface area contributed by atoms with Crippen LogP contribution in [0.25, 0.3) is 0 Å². The van der Waals surface area contributed by atoms with Gasteiger partial charge in [0.2, 0.25) is 0 Å². The topological polar surface area (TPSA) is 63.6 Å². The Morgan fingerprint density at radius 1 is 1.16 bits per heavy atom. The van der Waals surface area contributed by atoms with Gasteiger partial charge in [0.15, 0.2) is 0 Å². The van der Waals surface area contributed by atoms with Crippen LogP contribution in [0.1, 0.15) is 58.8 Å². The van der Waals surface area contributed by atoms with E-state index in [1.807, 2.05) is 0 Å². The SMILES string of the molecule is C[C@]12CC[C@@H](O)C[C@@H]1CC[C@H]1[C@H]2C(=O)C[C@]2(C)C3=CC(=O)O[C@@H]3C[C@@H]12. The fourth-order valence-corrected chi connectivity index (χ4v) is 7.57.